The summed E-state index contributed by atoms with van der Waals surface area (Å²) in [6.45, 7) is 2.97. The molecule has 5 rings (SSSR count). The average Bonchev–Trinajstić information content (AvgIpc) is 3.26. The number of hydrogen-bond acceptors (Lipinski definition) is 6. The number of esters is 1. The molecule has 4 aliphatic rings. The van der Waals surface area contributed by atoms with Crippen LogP contribution in [0.2, 0.25) is 0 Å². The van der Waals surface area contributed by atoms with E-state index in [1.165, 1.54) is 4.90 Å². The van der Waals surface area contributed by atoms with Gasteiger partial charge in [0.05, 0.1) is 31.3 Å². The molecule has 8 nitrogen and oxygen atoms in total. The molecule has 1 aromatic carbocycles. The lowest BCUT2D eigenvalue weighted by atomic mass is 9.77. The Morgan fingerprint density at radius 3 is 2.69 bits per heavy atom. The molecule has 1 unspecified atom stereocenters. The van der Waals surface area contributed by atoms with Gasteiger partial charge in [-0.25, -0.2) is 0 Å². The van der Waals surface area contributed by atoms with E-state index in [0.717, 1.165) is 18.4 Å². The molecule has 1 spiro atoms. The van der Waals surface area contributed by atoms with Crippen molar-refractivity contribution in [1.29, 1.82) is 0 Å². The Kier molecular flexibility index (Phi) is 6.99. The highest BCUT2D eigenvalue weighted by Gasteiger charge is 2.72. The van der Waals surface area contributed by atoms with Crippen molar-refractivity contribution in [2.75, 3.05) is 26.3 Å². The molecule has 4 heterocycles. The molecule has 0 radical (unpaired) electrons. The van der Waals surface area contributed by atoms with Gasteiger partial charge >= 0.3 is 5.97 Å². The highest BCUT2D eigenvalue weighted by atomic mass is 16.6. The maximum atomic E-state index is 14.2. The summed E-state index contributed by atoms with van der Waals surface area (Å²) in [5.74, 6) is -2.78. The molecule has 1 N–H and O–H groups in total. The van der Waals surface area contributed by atoms with Crippen LogP contribution in [0.5, 0.6) is 0 Å². The van der Waals surface area contributed by atoms with Crippen LogP contribution in [0.1, 0.15) is 31.7 Å². The quantitative estimate of drug-likeness (QED) is 0.459. The van der Waals surface area contributed by atoms with Crippen molar-refractivity contribution in [3.05, 3.63) is 60.2 Å². The van der Waals surface area contributed by atoms with Gasteiger partial charge in [0.1, 0.15) is 17.6 Å². The van der Waals surface area contributed by atoms with Crippen LogP contribution >= 0.6 is 0 Å². The van der Waals surface area contributed by atoms with Crippen LogP contribution in [0.15, 0.2) is 54.6 Å². The minimum atomic E-state index is -1.30. The first-order chi connectivity index (χ1) is 17.5. The maximum Gasteiger partial charge on any atom is 0.312 e. The normalized spacial score (nSPS) is 32.3. The lowest BCUT2D eigenvalue weighted by Crippen LogP contribution is -2.58. The molecular formula is C28H34N2O6. The van der Waals surface area contributed by atoms with Gasteiger partial charge in [0.15, 0.2) is 0 Å². The first kappa shape index (κ1) is 24.7. The Labute approximate surface area is 211 Å². The smallest absolute Gasteiger partial charge is 0.312 e. The van der Waals surface area contributed by atoms with Crippen molar-refractivity contribution in [2.45, 2.75) is 56.4 Å². The van der Waals surface area contributed by atoms with Gasteiger partial charge in [-0.1, -0.05) is 68.0 Å². The molecule has 1 aromatic rings. The average molecular weight is 495 g/mol. The molecule has 6 atom stereocenters. The Morgan fingerprint density at radius 1 is 1.14 bits per heavy atom. The van der Waals surface area contributed by atoms with Gasteiger partial charge in [-0.3, -0.25) is 14.4 Å². The lowest BCUT2D eigenvalue weighted by molar-refractivity contribution is -0.156. The Morgan fingerprint density at radius 2 is 1.94 bits per heavy atom. The van der Waals surface area contributed by atoms with E-state index in [4.69, 9.17) is 9.47 Å². The lowest BCUT2D eigenvalue weighted by Gasteiger charge is -2.38. The second kappa shape index (κ2) is 10.2. The number of unbranched alkanes of at least 4 members (excludes halogenated alkanes) is 1. The van der Waals surface area contributed by atoms with Crippen LogP contribution in [0.25, 0.3) is 0 Å². The molecule has 192 valence electrons. The van der Waals surface area contributed by atoms with Gasteiger partial charge in [0, 0.05) is 13.1 Å². The molecule has 0 bridgehead atoms. The summed E-state index contributed by atoms with van der Waals surface area (Å²) in [6, 6.07) is 7.98. The Balaban J connectivity index is 1.59. The highest BCUT2D eigenvalue weighted by Crippen LogP contribution is 2.53. The Hall–Kier alpha value is -2.97. The van der Waals surface area contributed by atoms with Gasteiger partial charge in [-0.2, -0.15) is 0 Å². The fraction of sp³-hybridized carbons (Fsp3) is 0.536. The number of carbonyl (C=O) groups is 3. The number of cyclic esters (lactones) is 1. The number of ether oxygens (including phenoxy) is 2. The van der Waals surface area contributed by atoms with Crippen LogP contribution in [0.3, 0.4) is 0 Å². The van der Waals surface area contributed by atoms with Crippen molar-refractivity contribution in [3.63, 3.8) is 0 Å². The number of fused-ring (bicyclic) bond motifs is 2. The van der Waals surface area contributed by atoms with E-state index in [0.29, 0.717) is 25.9 Å². The number of amides is 2. The molecule has 0 aliphatic carbocycles. The third kappa shape index (κ3) is 4.06. The minimum Gasteiger partial charge on any atom is -0.465 e. The number of aliphatic hydroxyl groups excluding tert-OH is 1. The molecule has 2 saturated heterocycles. The number of nitrogens with zero attached hydrogens (tertiary/aromatic N) is 2. The van der Waals surface area contributed by atoms with Gasteiger partial charge in [-0.15, -0.1) is 0 Å². The maximum absolute atomic E-state index is 14.2. The molecule has 36 heavy (non-hydrogen) atoms. The third-order valence-electron chi connectivity index (χ3n) is 7.84. The summed E-state index contributed by atoms with van der Waals surface area (Å²) in [5, 5.41) is 10.5. The van der Waals surface area contributed by atoms with Gasteiger partial charge < -0.3 is 24.4 Å². The zero-order chi connectivity index (χ0) is 25.3. The van der Waals surface area contributed by atoms with Crippen LogP contribution in [-0.4, -0.2) is 82.8 Å². The van der Waals surface area contributed by atoms with E-state index in [-0.39, 0.29) is 25.0 Å². The fourth-order valence-corrected chi connectivity index (χ4v) is 6.17. The molecular weight excluding hydrogens is 460 g/mol. The summed E-state index contributed by atoms with van der Waals surface area (Å²) in [7, 11) is 0. The van der Waals surface area contributed by atoms with Crippen molar-refractivity contribution in [3.8, 4) is 0 Å². The summed E-state index contributed by atoms with van der Waals surface area (Å²) in [6.07, 6.45) is 9.51. The van der Waals surface area contributed by atoms with Gasteiger partial charge in [0.25, 0.3) is 0 Å². The molecule has 0 saturated carbocycles. The van der Waals surface area contributed by atoms with Crippen molar-refractivity contribution >= 4 is 17.8 Å². The zero-order valence-corrected chi connectivity index (χ0v) is 20.6. The summed E-state index contributed by atoms with van der Waals surface area (Å²) in [4.78, 5) is 44.8. The predicted octanol–water partition coefficient (Wildman–Crippen LogP) is 1.87. The first-order valence-corrected chi connectivity index (χ1v) is 13.0. The third-order valence-corrected chi connectivity index (χ3v) is 7.84. The summed E-state index contributed by atoms with van der Waals surface area (Å²) in [5.41, 5.74) is -0.357. The number of hydrogen-bond donors (Lipinski definition) is 1. The topological polar surface area (TPSA) is 96.4 Å². The predicted molar refractivity (Wildman–Crippen MR) is 132 cm³/mol. The summed E-state index contributed by atoms with van der Waals surface area (Å²) < 4.78 is 12.0. The van der Waals surface area contributed by atoms with Crippen molar-refractivity contribution in [1.82, 2.24) is 9.80 Å². The van der Waals surface area contributed by atoms with Gasteiger partial charge in [0.2, 0.25) is 11.8 Å². The van der Waals surface area contributed by atoms with E-state index in [2.05, 4.69) is 6.92 Å². The monoisotopic (exact) mass is 494 g/mol. The largest absolute Gasteiger partial charge is 0.465 e. The molecule has 2 amide bonds. The van der Waals surface area contributed by atoms with E-state index in [9.17, 15) is 19.5 Å². The van der Waals surface area contributed by atoms with Crippen LogP contribution in [0, 0.1) is 11.8 Å². The van der Waals surface area contributed by atoms with E-state index in [1.54, 1.807) is 4.90 Å². The van der Waals surface area contributed by atoms with Crippen LogP contribution < -0.4 is 0 Å². The molecule has 2 fully saturated rings. The molecule has 8 heteroatoms. The Bertz CT molecular complexity index is 1060. The summed E-state index contributed by atoms with van der Waals surface area (Å²) >= 11 is 0. The fourth-order valence-electron chi connectivity index (χ4n) is 6.17. The van der Waals surface area contributed by atoms with E-state index < -0.39 is 41.6 Å². The number of likely N-dealkylation sites (tertiary alicyclic amines) is 1. The van der Waals surface area contributed by atoms with E-state index in [1.807, 2.05) is 54.6 Å². The van der Waals surface area contributed by atoms with Gasteiger partial charge in [-0.05, 0) is 24.8 Å². The molecule has 4 aliphatic heterocycles. The molecule has 0 aromatic heterocycles. The van der Waals surface area contributed by atoms with Crippen molar-refractivity contribution in [2.24, 2.45) is 11.8 Å². The minimum absolute atomic E-state index is 0.206. The highest BCUT2D eigenvalue weighted by molar-refractivity contribution is 5.99. The van der Waals surface area contributed by atoms with Crippen LogP contribution in [-0.2, 0) is 30.3 Å². The second-order valence-electron chi connectivity index (χ2n) is 10.0. The van der Waals surface area contributed by atoms with E-state index >= 15 is 0 Å². The number of rotatable bonds is 7. The van der Waals surface area contributed by atoms with Crippen molar-refractivity contribution < 1.29 is 29.0 Å². The number of benzene rings is 1. The number of carbonyl (C=O) groups excluding carboxylic acids is 3. The SMILES string of the molecule is CCCCN1CC=C[C@]23O[C@@H]4C=CCCOC(=O)[C@@H]4[C@H]2C(=O)N([C@@H](CO)Cc2ccccc2)C3C1=O. The standard InChI is InChI=1S/C28H34N2O6/c1-2-3-14-29-15-9-13-28-23(22-21(36-28)12-7-8-16-35-27(22)34)25(32)30(24(28)26(29)33)20(18-31)17-19-10-5-4-6-11-19/h4-7,9-13,20-24,31H,2-3,8,14-18H2,1H3/t20-,21-,22+,23+,24?,28+/m1/s1. The van der Waals surface area contributed by atoms with Crippen LogP contribution in [0.4, 0.5) is 0 Å². The second-order valence-corrected chi connectivity index (χ2v) is 10.0. The number of aliphatic hydroxyl groups is 1. The first-order valence-electron chi connectivity index (χ1n) is 13.0. The zero-order valence-electron chi connectivity index (χ0n) is 20.6.